The number of carbonyl (C=O) groups excluding carboxylic acids is 1. The molecular formula is C9H19N3O. The average molecular weight is 185 g/mol. The topological polar surface area (TPSA) is 72.3 Å². The van der Waals surface area contributed by atoms with Gasteiger partial charge in [0, 0.05) is 0 Å². The Bertz CT molecular complexity index is 176. The quantitative estimate of drug-likeness (QED) is 0.624. The minimum atomic E-state index is -0.451. The van der Waals surface area contributed by atoms with Gasteiger partial charge in [-0.05, 0) is 45.3 Å². The van der Waals surface area contributed by atoms with Crippen LogP contribution in [-0.2, 0) is 4.79 Å². The summed E-state index contributed by atoms with van der Waals surface area (Å²) in [6, 6.07) is -0.451. The summed E-state index contributed by atoms with van der Waals surface area (Å²) in [5.74, 6) is 0.206. The number of primary amides is 1. The Hall–Kier alpha value is -0.610. The number of likely N-dealkylation sites (tertiary alicyclic amines) is 1. The van der Waals surface area contributed by atoms with Crippen molar-refractivity contribution in [2.45, 2.75) is 25.3 Å². The van der Waals surface area contributed by atoms with Gasteiger partial charge in [0.25, 0.3) is 0 Å². The van der Waals surface area contributed by atoms with Gasteiger partial charge in [0.1, 0.15) is 0 Å². The van der Waals surface area contributed by atoms with Gasteiger partial charge in [-0.25, -0.2) is 0 Å². The molecule has 1 aliphatic rings. The number of rotatable bonds is 3. The van der Waals surface area contributed by atoms with Gasteiger partial charge >= 0.3 is 0 Å². The fourth-order valence-corrected chi connectivity index (χ4v) is 1.77. The van der Waals surface area contributed by atoms with Crippen LogP contribution in [0.15, 0.2) is 0 Å². The molecule has 1 atom stereocenters. The molecular weight excluding hydrogens is 166 g/mol. The lowest BCUT2D eigenvalue weighted by Gasteiger charge is -2.29. The molecule has 1 saturated heterocycles. The van der Waals surface area contributed by atoms with Gasteiger partial charge in [0.2, 0.25) is 5.91 Å². The smallest absolute Gasteiger partial charge is 0.234 e. The largest absolute Gasteiger partial charge is 0.368 e. The zero-order chi connectivity index (χ0) is 9.84. The van der Waals surface area contributed by atoms with Crippen LogP contribution in [0.1, 0.15) is 19.3 Å². The molecule has 1 rings (SSSR count). The molecule has 4 heteroatoms. The highest BCUT2D eigenvalue weighted by Crippen LogP contribution is 2.20. The van der Waals surface area contributed by atoms with E-state index in [9.17, 15) is 4.79 Å². The molecule has 76 valence electrons. The molecule has 0 aromatic carbocycles. The number of hydrogen-bond donors (Lipinski definition) is 2. The molecule has 1 unspecified atom stereocenters. The molecule has 1 amide bonds. The Morgan fingerprint density at radius 1 is 1.54 bits per heavy atom. The van der Waals surface area contributed by atoms with Crippen molar-refractivity contribution < 1.29 is 4.79 Å². The molecule has 0 saturated carbocycles. The standard InChI is InChI=1S/C9H19N3O/c1-12-4-2-7(3-5-12)6-8(10)9(11)13/h7-8H,2-6,10H2,1H3,(H2,11,13). The summed E-state index contributed by atoms with van der Waals surface area (Å²) in [6.07, 6.45) is 3.03. The first-order valence-corrected chi connectivity index (χ1v) is 4.83. The van der Waals surface area contributed by atoms with Crippen LogP contribution in [0.4, 0.5) is 0 Å². The second kappa shape index (κ2) is 4.58. The summed E-state index contributed by atoms with van der Waals surface area (Å²) < 4.78 is 0. The molecule has 0 radical (unpaired) electrons. The van der Waals surface area contributed by atoms with Gasteiger partial charge in [0.05, 0.1) is 6.04 Å². The predicted molar refractivity (Wildman–Crippen MR) is 52.0 cm³/mol. The summed E-state index contributed by atoms with van der Waals surface area (Å²) in [6.45, 7) is 2.21. The summed E-state index contributed by atoms with van der Waals surface area (Å²) in [7, 11) is 2.12. The maximum absolute atomic E-state index is 10.7. The first-order valence-electron chi connectivity index (χ1n) is 4.83. The van der Waals surface area contributed by atoms with Crippen LogP contribution in [0.5, 0.6) is 0 Å². The Labute approximate surface area is 79.3 Å². The van der Waals surface area contributed by atoms with E-state index in [4.69, 9.17) is 11.5 Å². The van der Waals surface area contributed by atoms with Gasteiger partial charge in [-0.15, -0.1) is 0 Å². The zero-order valence-electron chi connectivity index (χ0n) is 8.20. The highest BCUT2D eigenvalue weighted by Gasteiger charge is 2.21. The second-order valence-electron chi connectivity index (χ2n) is 3.99. The fraction of sp³-hybridized carbons (Fsp3) is 0.889. The lowest BCUT2D eigenvalue weighted by Crippen LogP contribution is -2.40. The average Bonchev–Trinajstić information content (AvgIpc) is 2.08. The van der Waals surface area contributed by atoms with Crippen molar-refractivity contribution in [3.63, 3.8) is 0 Å². The third-order valence-corrected chi connectivity index (χ3v) is 2.79. The Balaban J connectivity index is 2.26. The van der Waals surface area contributed by atoms with Crippen LogP contribution in [0.2, 0.25) is 0 Å². The van der Waals surface area contributed by atoms with Gasteiger partial charge in [-0.3, -0.25) is 4.79 Å². The van der Waals surface area contributed by atoms with Crippen LogP contribution in [0.25, 0.3) is 0 Å². The monoisotopic (exact) mass is 185 g/mol. The van der Waals surface area contributed by atoms with E-state index < -0.39 is 6.04 Å². The van der Waals surface area contributed by atoms with Crippen molar-refractivity contribution in [3.8, 4) is 0 Å². The SMILES string of the molecule is CN1CCC(CC(N)C(N)=O)CC1. The lowest BCUT2D eigenvalue weighted by molar-refractivity contribution is -0.119. The van der Waals surface area contributed by atoms with Gasteiger partial charge in [0.15, 0.2) is 0 Å². The minimum absolute atomic E-state index is 0.376. The fourth-order valence-electron chi connectivity index (χ4n) is 1.77. The number of carbonyl (C=O) groups is 1. The highest BCUT2D eigenvalue weighted by atomic mass is 16.1. The van der Waals surface area contributed by atoms with E-state index in [1.54, 1.807) is 0 Å². The molecule has 4 N–H and O–H groups in total. The molecule has 0 aromatic heterocycles. The zero-order valence-corrected chi connectivity index (χ0v) is 8.20. The van der Waals surface area contributed by atoms with Crippen molar-refractivity contribution in [2.75, 3.05) is 20.1 Å². The number of amides is 1. The van der Waals surface area contributed by atoms with Crippen LogP contribution < -0.4 is 11.5 Å². The summed E-state index contributed by atoms with van der Waals surface area (Å²) >= 11 is 0. The van der Waals surface area contributed by atoms with Crippen LogP contribution >= 0.6 is 0 Å². The molecule has 13 heavy (non-hydrogen) atoms. The molecule has 0 aromatic rings. The van der Waals surface area contributed by atoms with Crippen LogP contribution in [-0.4, -0.2) is 37.0 Å². The lowest BCUT2D eigenvalue weighted by atomic mass is 9.90. The maximum Gasteiger partial charge on any atom is 0.234 e. The number of hydrogen-bond acceptors (Lipinski definition) is 3. The van der Waals surface area contributed by atoms with E-state index in [0.29, 0.717) is 5.92 Å². The Morgan fingerprint density at radius 3 is 2.54 bits per heavy atom. The van der Waals surface area contributed by atoms with E-state index in [1.807, 2.05) is 0 Å². The second-order valence-corrected chi connectivity index (χ2v) is 3.99. The van der Waals surface area contributed by atoms with Crippen molar-refractivity contribution in [1.82, 2.24) is 4.90 Å². The van der Waals surface area contributed by atoms with E-state index in [0.717, 1.165) is 32.4 Å². The third-order valence-electron chi connectivity index (χ3n) is 2.79. The molecule has 4 nitrogen and oxygen atoms in total. The third kappa shape index (κ3) is 3.32. The summed E-state index contributed by atoms with van der Waals surface area (Å²) in [4.78, 5) is 13.0. The van der Waals surface area contributed by atoms with Crippen LogP contribution in [0, 0.1) is 5.92 Å². The number of nitrogens with zero attached hydrogens (tertiary/aromatic N) is 1. The maximum atomic E-state index is 10.7. The number of nitrogens with two attached hydrogens (primary N) is 2. The van der Waals surface area contributed by atoms with Crippen molar-refractivity contribution in [2.24, 2.45) is 17.4 Å². The van der Waals surface area contributed by atoms with Gasteiger partial charge in [-0.1, -0.05) is 0 Å². The van der Waals surface area contributed by atoms with Crippen molar-refractivity contribution >= 4 is 5.91 Å². The molecule has 1 aliphatic heterocycles. The molecule has 0 bridgehead atoms. The van der Waals surface area contributed by atoms with Gasteiger partial charge in [-0.2, -0.15) is 0 Å². The van der Waals surface area contributed by atoms with Crippen LogP contribution in [0.3, 0.4) is 0 Å². The van der Waals surface area contributed by atoms with E-state index in [2.05, 4.69) is 11.9 Å². The van der Waals surface area contributed by atoms with Crippen molar-refractivity contribution in [3.05, 3.63) is 0 Å². The van der Waals surface area contributed by atoms with E-state index in [1.165, 1.54) is 0 Å². The molecule has 1 heterocycles. The van der Waals surface area contributed by atoms with E-state index in [-0.39, 0.29) is 5.91 Å². The number of piperidine rings is 1. The summed E-state index contributed by atoms with van der Waals surface area (Å²) in [5, 5.41) is 0. The van der Waals surface area contributed by atoms with E-state index >= 15 is 0 Å². The molecule has 1 fully saturated rings. The Kier molecular flexibility index (Phi) is 3.69. The minimum Gasteiger partial charge on any atom is -0.368 e. The molecule has 0 aliphatic carbocycles. The van der Waals surface area contributed by atoms with Gasteiger partial charge < -0.3 is 16.4 Å². The predicted octanol–water partition coefficient (Wildman–Crippen LogP) is -0.469. The first kappa shape index (κ1) is 10.5. The normalized spacial score (nSPS) is 22.9. The summed E-state index contributed by atoms with van der Waals surface area (Å²) in [5.41, 5.74) is 10.7. The highest BCUT2D eigenvalue weighted by molar-refractivity contribution is 5.79. The first-order chi connectivity index (χ1) is 6.09. The Morgan fingerprint density at radius 2 is 2.08 bits per heavy atom. The molecule has 0 spiro atoms. The van der Waals surface area contributed by atoms with Crippen molar-refractivity contribution in [1.29, 1.82) is 0 Å².